The van der Waals surface area contributed by atoms with Crippen molar-refractivity contribution in [1.82, 2.24) is 4.90 Å². The molecule has 3 aliphatic rings. The Morgan fingerprint density at radius 1 is 1.16 bits per heavy atom. The molecule has 6 heteroatoms. The molecule has 4 rings (SSSR count). The number of amidine groups is 1. The maximum absolute atomic E-state index is 13.5. The quantitative estimate of drug-likeness (QED) is 0.808. The smallest absolute Gasteiger partial charge is 0.316 e. The minimum absolute atomic E-state index is 0.302. The zero-order chi connectivity index (χ0) is 17.9. The van der Waals surface area contributed by atoms with E-state index in [-0.39, 0.29) is 12.0 Å². The predicted octanol–water partition coefficient (Wildman–Crippen LogP) is 4.19. The van der Waals surface area contributed by atoms with Crippen LogP contribution in [0.15, 0.2) is 47.6 Å². The number of halogens is 3. The summed E-state index contributed by atoms with van der Waals surface area (Å²) in [7, 11) is 0. The van der Waals surface area contributed by atoms with Crippen LogP contribution in [0.5, 0.6) is 0 Å². The van der Waals surface area contributed by atoms with Gasteiger partial charge in [0.2, 0.25) is 0 Å². The van der Waals surface area contributed by atoms with Crippen molar-refractivity contribution in [2.24, 2.45) is 4.99 Å². The van der Waals surface area contributed by atoms with Gasteiger partial charge in [0.15, 0.2) is 5.54 Å². The third-order valence-corrected chi connectivity index (χ3v) is 5.35. The molecule has 0 amide bonds. The second kappa shape index (κ2) is 4.98. The maximum atomic E-state index is 13.5. The van der Waals surface area contributed by atoms with Crippen LogP contribution < -0.4 is 0 Å². The van der Waals surface area contributed by atoms with Crippen LogP contribution in [0.4, 0.5) is 13.2 Å². The van der Waals surface area contributed by atoms with E-state index < -0.39 is 11.7 Å². The Labute approximate surface area is 143 Å². The van der Waals surface area contributed by atoms with Gasteiger partial charge in [0.25, 0.3) is 0 Å². The van der Waals surface area contributed by atoms with Gasteiger partial charge in [-0.05, 0) is 48.6 Å². The second-order valence-corrected chi connectivity index (χ2v) is 7.01. The van der Waals surface area contributed by atoms with Gasteiger partial charge in [-0.1, -0.05) is 24.3 Å². The first kappa shape index (κ1) is 15.9. The molecular weight excluding hydrogens is 327 g/mol. The lowest BCUT2D eigenvalue weighted by Crippen LogP contribution is -2.55. The van der Waals surface area contributed by atoms with Gasteiger partial charge in [-0.15, -0.1) is 0 Å². The first-order valence-corrected chi connectivity index (χ1v) is 8.12. The minimum atomic E-state index is -4.37. The molecule has 0 aromatic heterocycles. The van der Waals surface area contributed by atoms with E-state index in [4.69, 9.17) is 0 Å². The van der Waals surface area contributed by atoms with Crippen molar-refractivity contribution in [2.45, 2.75) is 36.9 Å². The molecule has 1 saturated carbocycles. The van der Waals surface area contributed by atoms with Crippen LogP contribution in [0.2, 0.25) is 0 Å². The van der Waals surface area contributed by atoms with Crippen LogP contribution in [-0.2, 0) is 5.41 Å². The standard InChI is InChI=1S/C19H16F3N3/c1-17(19(20,21)22)12-24-16-7-4-14(10-25(16)17)13-2-5-15(6-3-13)18(11-23)8-9-18/h2-7,10H,8-9,12H2,1H3. The third kappa shape index (κ3) is 2.30. The molecule has 1 aromatic rings. The molecule has 1 unspecified atom stereocenters. The predicted molar refractivity (Wildman–Crippen MR) is 88.7 cm³/mol. The van der Waals surface area contributed by atoms with Crippen molar-refractivity contribution >= 4 is 11.4 Å². The largest absolute Gasteiger partial charge is 0.413 e. The average molecular weight is 343 g/mol. The summed E-state index contributed by atoms with van der Waals surface area (Å²) in [5, 5.41) is 9.27. The maximum Gasteiger partial charge on any atom is 0.413 e. The number of hydrogen-bond donors (Lipinski definition) is 0. The topological polar surface area (TPSA) is 39.4 Å². The molecule has 128 valence electrons. The number of rotatable bonds is 2. The van der Waals surface area contributed by atoms with E-state index in [2.05, 4.69) is 11.1 Å². The first-order chi connectivity index (χ1) is 11.8. The van der Waals surface area contributed by atoms with Crippen molar-refractivity contribution in [2.75, 3.05) is 6.54 Å². The van der Waals surface area contributed by atoms with Crippen LogP contribution >= 0.6 is 0 Å². The Bertz CT molecular complexity index is 851. The molecule has 0 radical (unpaired) electrons. The molecule has 0 spiro atoms. The van der Waals surface area contributed by atoms with Crippen LogP contribution in [0.1, 0.15) is 30.9 Å². The second-order valence-electron chi connectivity index (χ2n) is 7.01. The number of aliphatic imine (C=N–C) groups is 1. The molecule has 0 saturated heterocycles. The first-order valence-electron chi connectivity index (χ1n) is 8.12. The summed E-state index contributed by atoms with van der Waals surface area (Å²) in [6, 6.07) is 9.88. The van der Waals surface area contributed by atoms with Crippen molar-refractivity contribution in [3.63, 3.8) is 0 Å². The zero-order valence-corrected chi connectivity index (χ0v) is 13.6. The van der Waals surface area contributed by atoms with Gasteiger partial charge in [0, 0.05) is 6.20 Å². The van der Waals surface area contributed by atoms with Crippen LogP contribution in [-0.4, -0.2) is 29.0 Å². The van der Waals surface area contributed by atoms with Crippen molar-refractivity contribution in [1.29, 1.82) is 5.26 Å². The van der Waals surface area contributed by atoms with Crippen LogP contribution in [0.25, 0.3) is 5.57 Å². The van der Waals surface area contributed by atoms with Gasteiger partial charge in [-0.3, -0.25) is 4.99 Å². The zero-order valence-electron chi connectivity index (χ0n) is 13.6. The summed E-state index contributed by atoms with van der Waals surface area (Å²) in [6.07, 6.45) is 2.28. The van der Waals surface area contributed by atoms with E-state index >= 15 is 0 Å². The lowest BCUT2D eigenvalue weighted by molar-refractivity contribution is -0.200. The number of benzene rings is 1. The Balaban J connectivity index is 1.66. The monoisotopic (exact) mass is 343 g/mol. The van der Waals surface area contributed by atoms with Gasteiger partial charge in [-0.25, -0.2) is 0 Å². The molecule has 0 N–H and O–H groups in total. The number of alkyl halides is 3. The van der Waals surface area contributed by atoms with E-state index in [0.717, 1.165) is 24.0 Å². The fraction of sp³-hybridized carbons (Fsp3) is 0.368. The highest BCUT2D eigenvalue weighted by atomic mass is 19.4. The molecule has 1 atom stereocenters. The summed E-state index contributed by atoms with van der Waals surface area (Å²) >= 11 is 0. The van der Waals surface area contributed by atoms with E-state index in [0.29, 0.717) is 11.4 Å². The Kier molecular flexibility index (Phi) is 3.18. The summed E-state index contributed by atoms with van der Waals surface area (Å²) in [5.74, 6) is 0.335. The summed E-state index contributed by atoms with van der Waals surface area (Å²) in [4.78, 5) is 5.24. The summed E-state index contributed by atoms with van der Waals surface area (Å²) < 4.78 is 40.4. The number of nitrogens with zero attached hydrogens (tertiary/aromatic N) is 3. The van der Waals surface area contributed by atoms with Gasteiger partial charge >= 0.3 is 6.18 Å². The molecular formula is C19H16F3N3. The van der Waals surface area contributed by atoms with Crippen LogP contribution in [0.3, 0.4) is 0 Å². The molecule has 1 aliphatic carbocycles. The highest BCUT2D eigenvalue weighted by molar-refractivity contribution is 6.01. The lowest BCUT2D eigenvalue weighted by atomic mass is 9.94. The Hall–Kier alpha value is -2.55. The molecule has 1 aromatic carbocycles. The van der Waals surface area contributed by atoms with Crippen LogP contribution in [0, 0.1) is 11.3 Å². The molecule has 2 heterocycles. The highest BCUT2D eigenvalue weighted by Crippen LogP contribution is 2.47. The number of nitriles is 1. The number of fused-ring (bicyclic) bond motifs is 1. The SMILES string of the molecule is CC1(C(F)(F)F)CN=C2C=CC(c3ccc(C4(C#N)CC4)cc3)=CN21. The number of allylic oxidation sites excluding steroid dienone is 2. The lowest BCUT2D eigenvalue weighted by Gasteiger charge is -2.37. The molecule has 3 nitrogen and oxygen atoms in total. The molecule has 0 bridgehead atoms. The van der Waals surface area contributed by atoms with Gasteiger partial charge in [-0.2, -0.15) is 18.4 Å². The Morgan fingerprint density at radius 3 is 2.40 bits per heavy atom. The van der Waals surface area contributed by atoms with E-state index in [1.54, 1.807) is 12.2 Å². The minimum Gasteiger partial charge on any atom is -0.316 e. The fourth-order valence-electron chi connectivity index (χ4n) is 3.30. The molecule has 1 fully saturated rings. The molecule has 2 aliphatic heterocycles. The Morgan fingerprint density at radius 2 is 1.84 bits per heavy atom. The van der Waals surface area contributed by atoms with Gasteiger partial charge in [0.1, 0.15) is 5.84 Å². The summed E-state index contributed by atoms with van der Waals surface area (Å²) in [6.45, 7) is 0.868. The number of hydrogen-bond acceptors (Lipinski definition) is 3. The third-order valence-electron chi connectivity index (χ3n) is 5.35. The summed E-state index contributed by atoms with van der Waals surface area (Å²) in [5.41, 5.74) is 0.118. The van der Waals surface area contributed by atoms with E-state index in [1.807, 2.05) is 24.3 Å². The average Bonchev–Trinajstić information content (AvgIpc) is 3.33. The highest BCUT2D eigenvalue weighted by Gasteiger charge is 2.58. The van der Waals surface area contributed by atoms with Gasteiger partial charge in [0.05, 0.1) is 18.0 Å². The van der Waals surface area contributed by atoms with Crippen molar-refractivity contribution < 1.29 is 13.2 Å². The van der Waals surface area contributed by atoms with Gasteiger partial charge < -0.3 is 4.90 Å². The van der Waals surface area contributed by atoms with Crippen molar-refractivity contribution in [3.8, 4) is 6.07 Å². The normalized spacial score (nSPS) is 26.6. The van der Waals surface area contributed by atoms with E-state index in [1.165, 1.54) is 18.0 Å². The fourth-order valence-corrected chi connectivity index (χ4v) is 3.30. The van der Waals surface area contributed by atoms with Crippen molar-refractivity contribution in [3.05, 3.63) is 53.7 Å². The molecule has 25 heavy (non-hydrogen) atoms. The van der Waals surface area contributed by atoms with E-state index in [9.17, 15) is 18.4 Å².